The highest BCUT2D eigenvalue weighted by atomic mass is 79.9. The topological polar surface area (TPSA) is 59.1 Å². The van der Waals surface area contributed by atoms with Crippen LogP contribution in [0.1, 0.15) is 18.5 Å². The number of anilines is 1. The molecule has 3 rings (SSSR count). The zero-order valence-corrected chi connectivity index (χ0v) is 17.3. The molecule has 0 aliphatic carbocycles. The van der Waals surface area contributed by atoms with Gasteiger partial charge in [0.05, 0.1) is 10.7 Å². The van der Waals surface area contributed by atoms with Crippen LogP contribution in [0.3, 0.4) is 0 Å². The number of halogens is 3. The van der Waals surface area contributed by atoms with Crippen molar-refractivity contribution in [2.45, 2.75) is 22.2 Å². The van der Waals surface area contributed by atoms with E-state index in [1.807, 2.05) is 31.2 Å². The zero-order valence-electron chi connectivity index (χ0n) is 13.3. The van der Waals surface area contributed by atoms with Crippen molar-refractivity contribution in [3.8, 4) is 0 Å². The lowest BCUT2D eigenvalue weighted by Crippen LogP contribution is -2.09. The van der Waals surface area contributed by atoms with Crippen molar-refractivity contribution in [3.63, 3.8) is 0 Å². The molecule has 0 aliphatic rings. The number of thiazole rings is 1. The third-order valence-corrected chi connectivity index (χ3v) is 7.34. The van der Waals surface area contributed by atoms with Crippen molar-refractivity contribution < 1.29 is 12.8 Å². The van der Waals surface area contributed by atoms with E-state index in [1.165, 1.54) is 5.38 Å². The maximum atomic E-state index is 14.5. The van der Waals surface area contributed by atoms with E-state index in [9.17, 15) is 12.8 Å². The fraction of sp³-hybridized carbons (Fsp3) is 0.118. The maximum absolute atomic E-state index is 14.5. The monoisotopic (exact) mass is 473 g/mol. The standard InChI is InChI=1S/C17H12BrClFN2O2S2/c1-10(11-3-2-4-12(18)7-11)22-15-9-14(20)16(8-13(15)19)26(23,24)17-21-5-6-25-17/h2-4,6-10,22H,1H3/t10-/m0/s1. The van der Waals surface area contributed by atoms with Gasteiger partial charge in [-0.1, -0.05) is 39.7 Å². The first-order valence-corrected chi connectivity index (χ1v) is 10.9. The summed E-state index contributed by atoms with van der Waals surface area (Å²) in [6.07, 6.45) is 2.42. The molecule has 1 heterocycles. The van der Waals surface area contributed by atoms with Gasteiger partial charge in [0.1, 0.15) is 16.9 Å². The number of hydrogen-bond donors (Lipinski definition) is 1. The predicted octanol–water partition coefficient (Wildman–Crippen LogP) is 5.50. The molecular formula is C17H12BrClFN2O2S2. The number of sulfone groups is 1. The highest BCUT2D eigenvalue weighted by Crippen LogP contribution is 2.33. The summed E-state index contributed by atoms with van der Waals surface area (Å²) in [4.78, 5) is 3.12. The Morgan fingerprint density at radius 1 is 1.35 bits per heavy atom. The highest BCUT2D eigenvalue weighted by molar-refractivity contribution is 9.10. The van der Waals surface area contributed by atoms with E-state index in [0.717, 1.165) is 33.5 Å². The number of nitrogens with zero attached hydrogens (tertiary/aromatic N) is 1. The Hall–Kier alpha value is -1.48. The molecule has 135 valence electrons. The molecule has 0 spiro atoms. The van der Waals surface area contributed by atoms with Crippen LogP contribution in [0, 0.1) is 12.0 Å². The van der Waals surface area contributed by atoms with Gasteiger partial charge in [-0.05, 0) is 36.8 Å². The van der Waals surface area contributed by atoms with E-state index in [-0.39, 0.29) is 15.4 Å². The molecule has 3 aromatic rings. The van der Waals surface area contributed by atoms with Gasteiger partial charge < -0.3 is 5.32 Å². The fourth-order valence-electron chi connectivity index (χ4n) is 2.34. The minimum Gasteiger partial charge on any atom is -0.377 e. The van der Waals surface area contributed by atoms with Crippen LogP contribution in [0.25, 0.3) is 0 Å². The lowest BCUT2D eigenvalue weighted by molar-refractivity contribution is 0.566. The summed E-state index contributed by atoms with van der Waals surface area (Å²) in [7, 11) is -4.07. The summed E-state index contributed by atoms with van der Waals surface area (Å²) in [5, 5.41) is 4.60. The number of aromatic nitrogens is 1. The molecule has 0 aliphatic heterocycles. The molecule has 26 heavy (non-hydrogen) atoms. The predicted molar refractivity (Wildman–Crippen MR) is 104 cm³/mol. The van der Waals surface area contributed by atoms with Gasteiger partial charge in [0, 0.05) is 15.9 Å². The van der Waals surface area contributed by atoms with Crippen LogP contribution in [0.4, 0.5) is 10.1 Å². The summed E-state index contributed by atoms with van der Waals surface area (Å²) in [6, 6.07) is 9.66. The minimum absolute atomic E-state index is 0.104. The average Bonchev–Trinajstić information content (AvgIpc) is 3.13. The molecule has 0 unspecified atom stereocenters. The maximum Gasteiger partial charge on any atom is 0.236 e. The SMILES string of the molecule is C[C@H](Nc1cc(F)c(S(=O)(=O)c2n[c]cs2)cc1Cl)c1cccc(Br)c1. The number of hydrogen-bond acceptors (Lipinski definition) is 5. The second kappa shape index (κ2) is 7.64. The number of benzene rings is 2. The van der Waals surface area contributed by atoms with Crippen molar-refractivity contribution in [2.75, 3.05) is 5.32 Å². The Morgan fingerprint density at radius 2 is 2.12 bits per heavy atom. The van der Waals surface area contributed by atoms with Gasteiger partial charge in [-0.3, -0.25) is 0 Å². The van der Waals surface area contributed by atoms with Crippen LogP contribution in [0.2, 0.25) is 5.02 Å². The van der Waals surface area contributed by atoms with Crippen LogP contribution in [-0.4, -0.2) is 13.4 Å². The Balaban J connectivity index is 1.93. The van der Waals surface area contributed by atoms with Crippen molar-refractivity contribution in [2.24, 2.45) is 0 Å². The average molecular weight is 475 g/mol. The van der Waals surface area contributed by atoms with Crippen LogP contribution >= 0.6 is 38.9 Å². The molecule has 1 aromatic heterocycles. The summed E-state index contributed by atoms with van der Waals surface area (Å²) in [5.74, 6) is -0.895. The molecule has 0 amide bonds. The molecule has 2 aromatic carbocycles. The van der Waals surface area contributed by atoms with Crippen LogP contribution in [0.15, 0.2) is 55.5 Å². The fourth-order valence-corrected chi connectivity index (χ4v) is 5.22. The first-order valence-electron chi connectivity index (χ1n) is 7.37. The van der Waals surface area contributed by atoms with Crippen molar-refractivity contribution in [1.29, 1.82) is 0 Å². The van der Waals surface area contributed by atoms with Gasteiger partial charge in [-0.15, -0.1) is 11.3 Å². The molecule has 0 bridgehead atoms. The Morgan fingerprint density at radius 3 is 2.77 bits per heavy atom. The number of rotatable bonds is 5. The lowest BCUT2D eigenvalue weighted by Gasteiger charge is -2.18. The first kappa shape index (κ1) is 19.3. The van der Waals surface area contributed by atoms with Crippen molar-refractivity contribution >= 4 is 54.4 Å². The van der Waals surface area contributed by atoms with E-state index in [4.69, 9.17) is 11.6 Å². The largest absolute Gasteiger partial charge is 0.377 e. The molecular weight excluding hydrogens is 463 g/mol. The Kier molecular flexibility index (Phi) is 5.67. The van der Waals surface area contributed by atoms with Crippen LogP contribution < -0.4 is 5.32 Å². The number of nitrogens with one attached hydrogen (secondary N) is 1. The van der Waals surface area contributed by atoms with Crippen molar-refractivity contribution in [1.82, 2.24) is 4.98 Å². The summed E-state index contributed by atoms with van der Waals surface area (Å²) < 4.78 is 40.1. The molecule has 0 fully saturated rings. The van der Waals surface area contributed by atoms with Crippen molar-refractivity contribution in [3.05, 3.63) is 68.9 Å². The van der Waals surface area contributed by atoms with Crippen LogP contribution in [0.5, 0.6) is 0 Å². The van der Waals surface area contributed by atoms with Crippen LogP contribution in [-0.2, 0) is 9.84 Å². The zero-order chi connectivity index (χ0) is 18.9. The van der Waals surface area contributed by atoms with E-state index < -0.39 is 20.5 Å². The Labute approximate surface area is 168 Å². The van der Waals surface area contributed by atoms with Gasteiger partial charge in [-0.2, -0.15) is 0 Å². The Bertz CT molecular complexity index is 1040. The molecule has 1 atom stereocenters. The quantitative estimate of drug-likeness (QED) is 0.530. The van der Waals surface area contributed by atoms with Gasteiger partial charge in [0.15, 0.2) is 0 Å². The molecule has 0 saturated carbocycles. The lowest BCUT2D eigenvalue weighted by atomic mass is 10.1. The van der Waals surface area contributed by atoms with E-state index in [2.05, 4.69) is 32.4 Å². The first-order chi connectivity index (χ1) is 12.3. The van der Waals surface area contributed by atoms with E-state index >= 15 is 0 Å². The normalized spacial score (nSPS) is 12.8. The molecule has 1 N–H and O–H groups in total. The molecule has 0 saturated heterocycles. The summed E-state index contributed by atoms with van der Waals surface area (Å²) >= 11 is 10.5. The van der Waals surface area contributed by atoms with Gasteiger partial charge in [0.25, 0.3) is 0 Å². The summed E-state index contributed by atoms with van der Waals surface area (Å²) in [5.41, 5.74) is 1.27. The van der Waals surface area contributed by atoms with E-state index in [1.54, 1.807) is 0 Å². The van der Waals surface area contributed by atoms with Gasteiger partial charge in [-0.25, -0.2) is 17.8 Å². The third kappa shape index (κ3) is 3.93. The molecule has 1 radical (unpaired) electrons. The molecule has 9 heteroatoms. The molecule has 4 nitrogen and oxygen atoms in total. The second-order valence-electron chi connectivity index (χ2n) is 5.43. The van der Waals surface area contributed by atoms with Gasteiger partial charge in [0.2, 0.25) is 14.2 Å². The smallest absolute Gasteiger partial charge is 0.236 e. The summed E-state index contributed by atoms with van der Waals surface area (Å²) in [6.45, 7) is 1.89. The highest BCUT2D eigenvalue weighted by Gasteiger charge is 2.26. The third-order valence-electron chi connectivity index (χ3n) is 3.63. The second-order valence-corrected chi connectivity index (χ2v) is 9.70. The van der Waals surface area contributed by atoms with E-state index in [0.29, 0.717) is 5.69 Å². The van der Waals surface area contributed by atoms with Gasteiger partial charge >= 0.3 is 0 Å². The minimum atomic E-state index is -4.07.